The van der Waals surface area contributed by atoms with Crippen LogP contribution in [0.15, 0.2) is 18.2 Å². The van der Waals surface area contributed by atoms with E-state index in [0.717, 1.165) is 18.5 Å². The molecule has 0 aliphatic rings. The number of nitrogens with two attached hydrogens (primary N) is 1. The normalized spacial score (nSPS) is 11.8. The van der Waals surface area contributed by atoms with Gasteiger partial charge in [0.15, 0.2) is 6.10 Å². The Bertz CT molecular complexity index is 508. The van der Waals surface area contributed by atoms with Crippen LogP contribution in [0.1, 0.15) is 25.8 Å². The highest BCUT2D eigenvalue weighted by atomic mass is 35.5. The van der Waals surface area contributed by atoms with Gasteiger partial charge >= 0.3 is 6.03 Å². The zero-order chi connectivity index (χ0) is 15.8. The molecule has 116 valence electrons. The number of primary amides is 1. The average Bonchev–Trinajstić information content (AvgIpc) is 2.41. The lowest BCUT2D eigenvalue weighted by atomic mass is 10.2. The van der Waals surface area contributed by atoms with Crippen molar-refractivity contribution in [1.29, 1.82) is 0 Å². The van der Waals surface area contributed by atoms with Gasteiger partial charge in [0.05, 0.1) is 5.02 Å². The van der Waals surface area contributed by atoms with Crippen LogP contribution in [0.3, 0.4) is 0 Å². The van der Waals surface area contributed by atoms with E-state index in [2.05, 4.69) is 12.2 Å². The van der Waals surface area contributed by atoms with E-state index in [1.165, 1.54) is 6.92 Å². The standard InChI is InChI=1S/C14H20ClN3O3/c1-3-7-17-8-10-5-4-6-11(15)12(10)21-9(2)13(19)18-14(16)20/h4-6,9,17H,3,7-8H2,1-2H3,(H3,16,18,19,20). The number of carbonyl (C=O) groups is 2. The highest BCUT2D eigenvalue weighted by Crippen LogP contribution is 2.29. The summed E-state index contributed by atoms with van der Waals surface area (Å²) in [7, 11) is 0. The van der Waals surface area contributed by atoms with Crippen LogP contribution in [0, 0.1) is 0 Å². The molecule has 0 bridgehead atoms. The molecule has 7 heteroatoms. The maximum absolute atomic E-state index is 11.6. The van der Waals surface area contributed by atoms with E-state index in [0.29, 0.717) is 17.3 Å². The van der Waals surface area contributed by atoms with E-state index >= 15 is 0 Å². The first-order chi connectivity index (χ1) is 9.95. The van der Waals surface area contributed by atoms with Crippen molar-refractivity contribution < 1.29 is 14.3 Å². The maximum atomic E-state index is 11.6. The lowest BCUT2D eigenvalue weighted by Gasteiger charge is -2.18. The summed E-state index contributed by atoms with van der Waals surface area (Å²) in [4.78, 5) is 22.3. The second-order valence-electron chi connectivity index (χ2n) is 4.52. The number of nitrogens with one attached hydrogen (secondary N) is 2. The van der Waals surface area contributed by atoms with Crippen molar-refractivity contribution in [1.82, 2.24) is 10.6 Å². The number of carbonyl (C=O) groups excluding carboxylic acids is 2. The quantitative estimate of drug-likeness (QED) is 0.669. The number of hydrogen-bond donors (Lipinski definition) is 3. The third-order valence-electron chi connectivity index (χ3n) is 2.70. The molecule has 21 heavy (non-hydrogen) atoms. The van der Waals surface area contributed by atoms with E-state index in [9.17, 15) is 9.59 Å². The Labute approximate surface area is 129 Å². The molecule has 1 rings (SSSR count). The first-order valence-corrected chi connectivity index (χ1v) is 7.08. The minimum atomic E-state index is -0.917. The van der Waals surface area contributed by atoms with Crippen molar-refractivity contribution in [2.75, 3.05) is 6.54 Å². The van der Waals surface area contributed by atoms with Crippen LogP contribution in [0.4, 0.5) is 4.79 Å². The molecule has 0 saturated heterocycles. The first kappa shape index (κ1) is 17.3. The summed E-state index contributed by atoms with van der Waals surface area (Å²) in [6.45, 7) is 5.03. The van der Waals surface area contributed by atoms with Crippen molar-refractivity contribution in [2.45, 2.75) is 32.9 Å². The summed E-state index contributed by atoms with van der Waals surface area (Å²) < 4.78 is 5.58. The lowest BCUT2D eigenvalue weighted by Crippen LogP contribution is -2.42. The Morgan fingerprint density at radius 3 is 2.76 bits per heavy atom. The van der Waals surface area contributed by atoms with Crippen molar-refractivity contribution >= 4 is 23.5 Å². The van der Waals surface area contributed by atoms with Gasteiger partial charge in [-0.2, -0.15) is 0 Å². The average molecular weight is 314 g/mol. The minimum Gasteiger partial charge on any atom is -0.479 e. The molecule has 0 fully saturated rings. The second-order valence-corrected chi connectivity index (χ2v) is 4.93. The van der Waals surface area contributed by atoms with E-state index < -0.39 is 18.0 Å². The van der Waals surface area contributed by atoms with E-state index in [1.807, 2.05) is 17.4 Å². The molecule has 0 saturated carbocycles. The number of hydrogen-bond acceptors (Lipinski definition) is 4. The number of para-hydroxylation sites is 1. The summed E-state index contributed by atoms with van der Waals surface area (Å²) in [5.41, 5.74) is 5.75. The smallest absolute Gasteiger partial charge is 0.318 e. The SMILES string of the molecule is CCCNCc1cccc(Cl)c1OC(C)C(=O)NC(N)=O. The summed E-state index contributed by atoms with van der Waals surface area (Å²) in [5.74, 6) is -0.190. The molecule has 1 aromatic rings. The Morgan fingerprint density at radius 1 is 1.43 bits per heavy atom. The number of halogens is 1. The van der Waals surface area contributed by atoms with Crippen molar-refractivity contribution in [3.05, 3.63) is 28.8 Å². The van der Waals surface area contributed by atoms with Gasteiger partial charge in [0.2, 0.25) is 0 Å². The molecule has 4 N–H and O–H groups in total. The molecule has 0 aliphatic heterocycles. The highest BCUT2D eigenvalue weighted by molar-refractivity contribution is 6.32. The molecule has 3 amide bonds. The number of amides is 3. The van der Waals surface area contributed by atoms with Gasteiger partial charge in [-0.1, -0.05) is 30.7 Å². The Morgan fingerprint density at radius 2 is 2.14 bits per heavy atom. The fourth-order valence-corrected chi connectivity index (χ4v) is 1.92. The van der Waals surface area contributed by atoms with Gasteiger partial charge in [-0.15, -0.1) is 0 Å². The molecule has 1 unspecified atom stereocenters. The molecular formula is C14H20ClN3O3. The number of ether oxygens (including phenoxy) is 1. The van der Waals surface area contributed by atoms with Gasteiger partial charge in [-0.05, 0) is 26.0 Å². The number of urea groups is 1. The predicted molar refractivity (Wildman–Crippen MR) is 81.3 cm³/mol. The number of rotatable bonds is 7. The van der Waals surface area contributed by atoms with Gasteiger partial charge < -0.3 is 15.8 Å². The summed E-state index contributed by atoms with van der Waals surface area (Å²) in [5, 5.41) is 5.62. The predicted octanol–water partition coefficient (Wildman–Crippen LogP) is 1.80. The van der Waals surface area contributed by atoms with E-state index in [4.69, 9.17) is 22.1 Å². The lowest BCUT2D eigenvalue weighted by molar-refractivity contribution is -0.126. The first-order valence-electron chi connectivity index (χ1n) is 6.70. The zero-order valence-corrected chi connectivity index (χ0v) is 12.9. The van der Waals surface area contributed by atoms with Gasteiger partial charge in [-0.3, -0.25) is 10.1 Å². The van der Waals surface area contributed by atoms with Crippen molar-refractivity contribution in [3.63, 3.8) is 0 Å². The van der Waals surface area contributed by atoms with E-state index in [1.54, 1.807) is 6.07 Å². The summed E-state index contributed by atoms with van der Waals surface area (Å²) in [6.07, 6.45) is 0.121. The summed E-state index contributed by atoms with van der Waals surface area (Å²) >= 11 is 6.12. The van der Waals surface area contributed by atoms with Crippen LogP contribution in [0.25, 0.3) is 0 Å². The largest absolute Gasteiger partial charge is 0.479 e. The highest BCUT2D eigenvalue weighted by Gasteiger charge is 2.19. The fourth-order valence-electron chi connectivity index (χ4n) is 1.68. The maximum Gasteiger partial charge on any atom is 0.318 e. The van der Waals surface area contributed by atoms with Crippen LogP contribution in [0.5, 0.6) is 5.75 Å². The van der Waals surface area contributed by atoms with Crippen LogP contribution < -0.4 is 21.1 Å². The van der Waals surface area contributed by atoms with Crippen LogP contribution in [-0.2, 0) is 11.3 Å². The fraction of sp³-hybridized carbons (Fsp3) is 0.429. The minimum absolute atomic E-state index is 0.407. The van der Waals surface area contributed by atoms with Gasteiger partial charge in [0.1, 0.15) is 5.75 Å². The molecule has 0 radical (unpaired) electrons. The molecule has 0 heterocycles. The van der Waals surface area contributed by atoms with Crippen LogP contribution in [0.2, 0.25) is 5.02 Å². The monoisotopic (exact) mass is 313 g/mol. The van der Waals surface area contributed by atoms with Crippen LogP contribution in [-0.4, -0.2) is 24.6 Å². The summed E-state index contributed by atoms with van der Waals surface area (Å²) in [6, 6.07) is 4.44. The van der Waals surface area contributed by atoms with Crippen molar-refractivity contribution in [2.24, 2.45) is 5.73 Å². The van der Waals surface area contributed by atoms with Crippen molar-refractivity contribution in [3.8, 4) is 5.75 Å². The second kappa shape index (κ2) is 8.49. The zero-order valence-electron chi connectivity index (χ0n) is 12.1. The number of benzene rings is 1. The molecular weight excluding hydrogens is 294 g/mol. The van der Waals surface area contributed by atoms with E-state index in [-0.39, 0.29) is 0 Å². The Kier molecular flexibility index (Phi) is 6.98. The third kappa shape index (κ3) is 5.61. The molecule has 1 aromatic carbocycles. The third-order valence-corrected chi connectivity index (χ3v) is 3.00. The van der Waals surface area contributed by atoms with Crippen LogP contribution >= 0.6 is 11.6 Å². The van der Waals surface area contributed by atoms with Gasteiger partial charge in [-0.25, -0.2) is 4.79 Å². The Hall–Kier alpha value is -1.79. The molecule has 0 aliphatic carbocycles. The van der Waals surface area contributed by atoms with Gasteiger partial charge in [0, 0.05) is 12.1 Å². The molecule has 0 aromatic heterocycles. The molecule has 0 spiro atoms. The Balaban J connectivity index is 2.80. The molecule has 1 atom stereocenters. The topological polar surface area (TPSA) is 93.4 Å². The molecule has 6 nitrogen and oxygen atoms in total. The van der Waals surface area contributed by atoms with Gasteiger partial charge in [0.25, 0.3) is 5.91 Å². The number of imide groups is 1.